The van der Waals surface area contributed by atoms with E-state index in [2.05, 4.69) is 10.0 Å². The summed E-state index contributed by atoms with van der Waals surface area (Å²) < 4.78 is 37.5. The monoisotopic (exact) mass is 384 g/mol. The highest BCUT2D eigenvalue weighted by Crippen LogP contribution is 2.28. The van der Waals surface area contributed by atoms with Gasteiger partial charge in [-0.1, -0.05) is 6.92 Å². The molecule has 1 aromatic rings. The first-order chi connectivity index (χ1) is 12.3. The average molecular weight is 384 g/mol. The summed E-state index contributed by atoms with van der Waals surface area (Å²) in [5.74, 6) is -1.07. The molecule has 0 unspecified atom stereocenters. The molecule has 1 saturated carbocycles. The van der Waals surface area contributed by atoms with Gasteiger partial charge < -0.3 is 14.8 Å². The second kappa shape index (κ2) is 8.50. The number of methoxy groups -OCH3 is 1. The Bertz CT molecular complexity index is 773. The molecule has 1 aromatic carbocycles. The van der Waals surface area contributed by atoms with Gasteiger partial charge in [0.1, 0.15) is 10.6 Å². The van der Waals surface area contributed by atoms with Crippen LogP contribution in [0, 0.1) is 0 Å². The van der Waals surface area contributed by atoms with Gasteiger partial charge >= 0.3 is 5.97 Å². The summed E-state index contributed by atoms with van der Waals surface area (Å²) in [6, 6.07) is 3.87. The van der Waals surface area contributed by atoms with Crippen LogP contribution in [-0.4, -0.2) is 46.1 Å². The first-order valence-corrected chi connectivity index (χ1v) is 9.92. The number of amides is 1. The molecule has 2 rings (SSSR count). The minimum atomic E-state index is -3.81. The quantitative estimate of drug-likeness (QED) is 0.619. The normalized spacial score (nSPS) is 15.2. The minimum Gasteiger partial charge on any atom is -0.495 e. The molecule has 26 heavy (non-hydrogen) atoms. The van der Waals surface area contributed by atoms with Crippen molar-refractivity contribution >= 4 is 21.9 Å². The van der Waals surface area contributed by atoms with Crippen molar-refractivity contribution in [2.75, 3.05) is 13.7 Å². The van der Waals surface area contributed by atoms with Gasteiger partial charge in [0.15, 0.2) is 6.61 Å². The van der Waals surface area contributed by atoms with Gasteiger partial charge in [0, 0.05) is 12.1 Å². The lowest BCUT2D eigenvalue weighted by Gasteiger charge is -2.13. The largest absolute Gasteiger partial charge is 0.495 e. The topological polar surface area (TPSA) is 111 Å². The zero-order valence-corrected chi connectivity index (χ0v) is 15.9. The van der Waals surface area contributed by atoms with Crippen LogP contribution in [0.5, 0.6) is 5.75 Å². The SMILES string of the molecule is CC[C@@H](C)NC(=O)COC(=O)c1ccc(OC)c(S(=O)(=O)NC2CC2)c1. The second-order valence-corrected chi connectivity index (χ2v) is 7.90. The lowest BCUT2D eigenvalue weighted by atomic mass is 10.2. The van der Waals surface area contributed by atoms with Gasteiger partial charge in [0.05, 0.1) is 12.7 Å². The summed E-state index contributed by atoms with van der Waals surface area (Å²) in [5, 5.41) is 2.68. The van der Waals surface area contributed by atoms with Crippen LogP contribution in [0.2, 0.25) is 0 Å². The Morgan fingerprint density at radius 1 is 1.31 bits per heavy atom. The highest BCUT2D eigenvalue weighted by Gasteiger charge is 2.30. The number of nitrogens with one attached hydrogen (secondary N) is 2. The standard InChI is InChI=1S/C17H24N2O6S/c1-4-11(2)18-16(20)10-25-17(21)12-5-8-14(24-3)15(9-12)26(22,23)19-13-6-7-13/h5,8-9,11,13,19H,4,6-7,10H2,1-3H3,(H,18,20)/t11-/m1/s1. The number of carbonyl (C=O) groups excluding carboxylic acids is 2. The number of esters is 1. The van der Waals surface area contributed by atoms with E-state index in [1.165, 1.54) is 25.3 Å². The summed E-state index contributed by atoms with van der Waals surface area (Å²) in [5.41, 5.74) is 0.0262. The molecule has 144 valence electrons. The van der Waals surface area contributed by atoms with E-state index in [0.29, 0.717) is 0 Å². The van der Waals surface area contributed by atoms with Crippen molar-refractivity contribution in [3.05, 3.63) is 23.8 Å². The van der Waals surface area contributed by atoms with Gasteiger partial charge in [-0.25, -0.2) is 17.9 Å². The van der Waals surface area contributed by atoms with E-state index in [9.17, 15) is 18.0 Å². The van der Waals surface area contributed by atoms with Crippen LogP contribution in [-0.2, 0) is 19.6 Å². The Hall–Kier alpha value is -2.13. The molecule has 0 saturated heterocycles. The minimum absolute atomic E-state index is 0.0209. The molecule has 0 bridgehead atoms. The number of hydrogen-bond donors (Lipinski definition) is 2. The molecule has 0 aromatic heterocycles. The molecule has 2 N–H and O–H groups in total. The van der Waals surface area contributed by atoms with Crippen molar-refractivity contribution in [1.29, 1.82) is 0 Å². The average Bonchev–Trinajstić information content (AvgIpc) is 3.42. The number of hydrogen-bond acceptors (Lipinski definition) is 6. The van der Waals surface area contributed by atoms with Crippen LogP contribution in [0.25, 0.3) is 0 Å². The summed E-state index contributed by atoms with van der Waals surface area (Å²) in [4.78, 5) is 23.7. The van der Waals surface area contributed by atoms with Gasteiger partial charge in [0.2, 0.25) is 10.0 Å². The molecule has 9 heteroatoms. The maximum absolute atomic E-state index is 12.5. The Morgan fingerprint density at radius 2 is 2.00 bits per heavy atom. The van der Waals surface area contributed by atoms with E-state index in [4.69, 9.17) is 9.47 Å². The van der Waals surface area contributed by atoms with Gasteiger partial charge in [-0.15, -0.1) is 0 Å². The predicted octanol–water partition coefficient (Wildman–Crippen LogP) is 1.21. The third-order valence-electron chi connectivity index (χ3n) is 3.94. The lowest BCUT2D eigenvalue weighted by Crippen LogP contribution is -2.35. The summed E-state index contributed by atoms with van der Waals surface area (Å²) >= 11 is 0. The molecular formula is C17H24N2O6S. The number of carbonyl (C=O) groups is 2. The molecule has 1 aliphatic carbocycles. The molecule has 0 spiro atoms. The highest BCUT2D eigenvalue weighted by atomic mass is 32.2. The number of benzene rings is 1. The van der Waals surface area contributed by atoms with Crippen molar-refractivity contribution < 1.29 is 27.5 Å². The van der Waals surface area contributed by atoms with Crippen molar-refractivity contribution in [2.24, 2.45) is 0 Å². The first-order valence-electron chi connectivity index (χ1n) is 8.43. The Kier molecular flexibility index (Phi) is 6.60. The Morgan fingerprint density at radius 3 is 2.58 bits per heavy atom. The predicted molar refractivity (Wildman–Crippen MR) is 94.5 cm³/mol. The Balaban J connectivity index is 2.10. The number of ether oxygens (including phenoxy) is 2. The van der Waals surface area contributed by atoms with Gasteiger partial charge in [-0.3, -0.25) is 4.79 Å². The fourth-order valence-corrected chi connectivity index (χ4v) is 3.63. The number of rotatable bonds is 9. The van der Waals surface area contributed by atoms with Crippen LogP contribution >= 0.6 is 0 Å². The van der Waals surface area contributed by atoms with Gasteiger partial charge in [0.25, 0.3) is 5.91 Å². The van der Waals surface area contributed by atoms with Crippen molar-refractivity contribution in [3.8, 4) is 5.75 Å². The second-order valence-electron chi connectivity index (χ2n) is 6.21. The third-order valence-corrected chi connectivity index (χ3v) is 5.48. The number of sulfonamides is 1. The van der Waals surface area contributed by atoms with Gasteiger partial charge in [-0.2, -0.15) is 0 Å². The molecule has 0 aliphatic heterocycles. The van der Waals surface area contributed by atoms with Gasteiger partial charge in [-0.05, 0) is 44.4 Å². The zero-order valence-electron chi connectivity index (χ0n) is 15.1. The molecule has 0 heterocycles. The summed E-state index contributed by atoms with van der Waals surface area (Å²) in [6.07, 6.45) is 2.33. The van der Waals surface area contributed by atoms with Crippen molar-refractivity contribution in [1.82, 2.24) is 10.0 Å². The fourth-order valence-electron chi connectivity index (χ4n) is 2.13. The van der Waals surface area contributed by atoms with Crippen LogP contribution in [0.4, 0.5) is 0 Å². The van der Waals surface area contributed by atoms with Crippen LogP contribution in [0.15, 0.2) is 23.1 Å². The molecule has 1 amide bonds. The van der Waals surface area contributed by atoms with E-state index in [1.807, 2.05) is 13.8 Å². The molecule has 1 fully saturated rings. The van der Waals surface area contributed by atoms with E-state index in [0.717, 1.165) is 19.3 Å². The van der Waals surface area contributed by atoms with E-state index in [1.54, 1.807) is 0 Å². The Labute approximate surface area is 153 Å². The van der Waals surface area contributed by atoms with Crippen molar-refractivity contribution in [2.45, 2.75) is 50.1 Å². The molecule has 0 radical (unpaired) electrons. The van der Waals surface area contributed by atoms with Crippen LogP contribution in [0.3, 0.4) is 0 Å². The van der Waals surface area contributed by atoms with E-state index >= 15 is 0 Å². The molecule has 8 nitrogen and oxygen atoms in total. The van der Waals surface area contributed by atoms with E-state index in [-0.39, 0.29) is 28.3 Å². The maximum Gasteiger partial charge on any atom is 0.338 e. The maximum atomic E-state index is 12.5. The van der Waals surface area contributed by atoms with Crippen molar-refractivity contribution in [3.63, 3.8) is 0 Å². The highest BCUT2D eigenvalue weighted by molar-refractivity contribution is 7.89. The fraction of sp³-hybridized carbons (Fsp3) is 0.529. The lowest BCUT2D eigenvalue weighted by molar-refractivity contribution is -0.124. The first kappa shape index (κ1) is 20.2. The van der Waals surface area contributed by atoms with E-state index < -0.39 is 28.5 Å². The van der Waals surface area contributed by atoms with Crippen LogP contribution in [0.1, 0.15) is 43.5 Å². The molecule has 1 atom stereocenters. The summed E-state index contributed by atoms with van der Waals surface area (Å²) in [6.45, 7) is 3.33. The molecular weight excluding hydrogens is 360 g/mol. The third kappa shape index (κ3) is 5.43. The smallest absolute Gasteiger partial charge is 0.338 e. The zero-order chi connectivity index (χ0) is 19.3. The molecule has 1 aliphatic rings. The summed E-state index contributed by atoms with van der Waals surface area (Å²) in [7, 11) is -2.46. The van der Waals surface area contributed by atoms with Crippen LogP contribution < -0.4 is 14.8 Å².